The van der Waals surface area contributed by atoms with Crippen molar-refractivity contribution in [3.8, 4) is 11.5 Å². The van der Waals surface area contributed by atoms with Crippen LogP contribution in [0.15, 0.2) is 52.3 Å². The highest BCUT2D eigenvalue weighted by Crippen LogP contribution is 2.39. The van der Waals surface area contributed by atoms with Crippen LogP contribution in [0, 0.1) is 0 Å². The van der Waals surface area contributed by atoms with Crippen LogP contribution in [-0.2, 0) is 10.0 Å². The summed E-state index contributed by atoms with van der Waals surface area (Å²) in [5.41, 5.74) is -0.150. The molecule has 0 unspecified atom stereocenters. The van der Waals surface area contributed by atoms with Crippen molar-refractivity contribution in [1.29, 1.82) is 0 Å². The number of hydrogen-bond donors (Lipinski definition) is 2. The van der Waals surface area contributed by atoms with Crippen molar-refractivity contribution in [3.05, 3.63) is 48.0 Å². The predicted molar refractivity (Wildman–Crippen MR) is 96.9 cm³/mol. The number of carbonyl (C=O) groups is 1. The first-order valence-electron chi connectivity index (χ1n) is 7.62. The second kappa shape index (κ2) is 8.37. The first-order chi connectivity index (χ1) is 11.8. The van der Waals surface area contributed by atoms with Crippen molar-refractivity contribution < 1.29 is 23.1 Å². The molecule has 0 spiro atoms. The van der Waals surface area contributed by atoms with E-state index in [1.54, 1.807) is 30.3 Å². The molecule has 0 aliphatic heterocycles. The van der Waals surface area contributed by atoms with Crippen molar-refractivity contribution >= 4 is 27.8 Å². The zero-order valence-corrected chi connectivity index (χ0v) is 15.3. The first-order valence-corrected chi connectivity index (χ1v) is 10.2. The van der Waals surface area contributed by atoms with Gasteiger partial charge in [0.1, 0.15) is 10.6 Å². The molecule has 0 atom stereocenters. The van der Waals surface area contributed by atoms with Crippen LogP contribution in [0.25, 0.3) is 0 Å². The largest absolute Gasteiger partial charge is 0.478 e. The molecule has 0 saturated carbocycles. The van der Waals surface area contributed by atoms with E-state index in [2.05, 4.69) is 0 Å². The maximum atomic E-state index is 12.0. The molecule has 6 nitrogen and oxygen atoms in total. The van der Waals surface area contributed by atoms with Gasteiger partial charge in [-0.25, -0.2) is 18.4 Å². The molecule has 0 heterocycles. The van der Waals surface area contributed by atoms with Crippen molar-refractivity contribution in [1.82, 2.24) is 0 Å². The summed E-state index contributed by atoms with van der Waals surface area (Å²) >= 11 is 1.34. The number of aromatic carboxylic acids is 1. The Morgan fingerprint density at radius 2 is 1.92 bits per heavy atom. The van der Waals surface area contributed by atoms with Gasteiger partial charge in [-0.05, 0) is 36.4 Å². The third-order valence-corrected chi connectivity index (χ3v) is 5.32. The van der Waals surface area contributed by atoms with Gasteiger partial charge in [0.05, 0.1) is 10.5 Å². The quantitative estimate of drug-likeness (QED) is 0.533. The van der Waals surface area contributed by atoms with Crippen LogP contribution in [0.1, 0.15) is 30.1 Å². The lowest BCUT2D eigenvalue weighted by molar-refractivity contribution is 0.0696. The Morgan fingerprint density at radius 1 is 1.24 bits per heavy atom. The Hall–Kier alpha value is -2.03. The van der Waals surface area contributed by atoms with Gasteiger partial charge < -0.3 is 9.84 Å². The van der Waals surface area contributed by atoms with E-state index in [0.29, 0.717) is 16.4 Å². The SMILES string of the molecule is CCCCSc1cc(C(=O)O)cc(S(N)(=O)=O)c1Oc1ccccc1. The number of primary sulfonamides is 1. The summed E-state index contributed by atoms with van der Waals surface area (Å²) in [6.07, 6.45) is 1.86. The minimum atomic E-state index is -4.16. The van der Waals surface area contributed by atoms with Crippen molar-refractivity contribution in [2.75, 3.05) is 5.75 Å². The average molecular weight is 381 g/mol. The van der Waals surface area contributed by atoms with Crippen LogP contribution in [0.2, 0.25) is 0 Å². The number of rotatable bonds is 8. The van der Waals surface area contributed by atoms with E-state index in [-0.39, 0.29) is 16.2 Å². The van der Waals surface area contributed by atoms with Crippen LogP contribution in [0.3, 0.4) is 0 Å². The minimum Gasteiger partial charge on any atom is -0.478 e. The third kappa shape index (κ3) is 5.22. The summed E-state index contributed by atoms with van der Waals surface area (Å²) in [5.74, 6) is -0.0319. The zero-order valence-electron chi connectivity index (χ0n) is 13.6. The van der Waals surface area contributed by atoms with Crippen LogP contribution in [-0.4, -0.2) is 25.2 Å². The van der Waals surface area contributed by atoms with Crippen LogP contribution < -0.4 is 9.88 Å². The van der Waals surface area contributed by atoms with Gasteiger partial charge in [-0.2, -0.15) is 0 Å². The van der Waals surface area contributed by atoms with Gasteiger partial charge in [0.2, 0.25) is 10.0 Å². The van der Waals surface area contributed by atoms with E-state index >= 15 is 0 Å². The van der Waals surface area contributed by atoms with Crippen molar-refractivity contribution in [2.24, 2.45) is 5.14 Å². The van der Waals surface area contributed by atoms with Crippen LogP contribution in [0.4, 0.5) is 0 Å². The van der Waals surface area contributed by atoms with E-state index in [1.165, 1.54) is 17.8 Å². The Kier molecular flexibility index (Phi) is 6.46. The van der Waals surface area contributed by atoms with Crippen LogP contribution >= 0.6 is 11.8 Å². The molecule has 134 valence electrons. The van der Waals surface area contributed by atoms with Gasteiger partial charge >= 0.3 is 5.97 Å². The monoisotopic (exact) mass is 381 g/mol. The fourth-order valence-electron chi connectivity index (χ4n) is 2.05. The van der Waals surface area contributed by atoms with E-state index in [4.69, 9.17) is 9.88 Å². The molecule has 0 amide bonds. The number of unbranched alkanes of at least 4 members (excludes halogenated alkanes) is 1. The number of thioether (sulfide) groups is 1. The summed E-state index contributed by atoms with van der Waals surface area (Å²) < 4.78 is 29.8. The summed E-state index contributed by atoms with van der Waals surface area (Å²) in [6.45, 7) is 2.03. The number of carboxylic acids is 1. The minimum absolute atomic E-state index is 0.0554. The Balaban J connectivity index is 2.59. The summed E-state index contributed by atoms with van der Waals surface area (Å²) in [5, 5.41) is 14.6. The molecular weight excluding hydrogens is 362 g/mol. The number of ether oxygens (including phenoxy) is 1. The molecule has 8 heteroatoms. The second-order valence-corrected chi connectivity index (χ2v) is 7.94. The fourth-order valence-corrected chi connectivity index (χ4v) is 3.96. The molecule has 0 aromatic heterocycles. The third-order valence-electron chi connectivity index (χ3n) is 3.29. The topological polar surface area (TPSA) is 107 Å². The van der Waals surface area contributed by atoms with Crippen molar-refractivity contribution in [3.63, 3.8) is 0 Å². The molecule has 0 fully saturated rings. The molecule has 2 aromatic rings. The highest BCUT2D eigenvalue weighted by molar-refractivity contribution is 7.99. The van der Waals surface area contributed by atoms with Gasteiger partial charge in [0, 0.05) is 0 Å². The fraction of sp³-hybridized carbons (Fsp3) is 0.235. The highest BCUT2D eigenvalue weighted by atomic mass is 32.2. The number of benzene rings is 2. The Morgan fingerprint density at radius 3 is 2.48 bits per heavy atom. The molecule has 0 aliphatic rings. The van der Waals surface area contributed by atoms with E-state index in [1.807, 2.05) is 6.92 Å². The van der Waals surface area contributed by atoms with Gasteiger partial charge in [0.25, 0.3) is 0 Å². The molecule has 2 aromatic carbocycles. The molecule has 3 N–H and O–H groups in total. The Bertz CT molecular complexity index is 851. The van der Waals surface area contributed by atoms with Gasteiger partial charge in [-0.3, -0.25) is 0 Å². The maximum absolute atomic E-state index is 12.0. The average Bonchev–Trinajstić information content (AvgIpc) is 2.56. The number of sulfonamides is 1. The second-order valence-electron chi connectivity index (χ2n) is 5.27. The summed E-state index contributed by atoms with van der Waals surface area (Å²) in [4.78, 5) is 11.4. The van der Waals surface area contributed by atoms with Gasteiger partial charge in [-0.15, -0.1) is 11.8 Å². The molecule has 0 saturated heterocycles. The lowest BCUT2D eigenvalue weighted by Gasteiger charge is -2.15. The zero-order chi connectivity index (χ0) is 18.4. The van der Waals surface area contributed by atoms with Crippen molar-refractivity contribution in [2.45, 2.75) is 29.6 Å². The number of hydrogen-bond acceptors (Lipinski definition) is 5. The Labute approximate surface area is 151 Å². The molecule has 25 heavy (non-hydrogen) atoms. The molecule has 0 bridgehead atoms. The summed E-state index contributed by atoms with van der Waals surface area (Å²) in [6, 6.07) is 11.1. The smallest absolute Gasteiger partial charge is 0.335 e. The molecular formula is C17H19NO5S2. The number of carboxylic acid groups (broad SMARTS) is 1. The normalized spacial score (nSPS) is 11.3. The summed E-state index contributed by atoms with van der Waals surface area (Å²) in [7, 11) is -4.16. The molecule has 0 aliphatic carbocycles. The lowest BCUT2D eigenvalue weighted by Crippen LogP contribution is -2.15. The predicted octanol–water partition coefficient (Wildman–Crippen LogP) is 3.72. The van der Waals surface area contributed by atoms with Gasteiger partial charge in [0.15, 0.2) is 5.75 Å². The van der Waals surface area contributed by atoms with Crippen LogP contribution in [0.5, 0.6) is 11.5 Å². The van der Waals surface area contributed by atoms with E-state index in [9.17, 15) is 18.3 Å². The molecule has 0 radical (unpaired) electrons. The number of nitrogens with two attached hydrogens (primary N) is 1. The molecule has 2 rings (SSSR count). The first kappa shape index (κ1) is 19.3. The standard InChI is InChI=1S/C17H19NO5S2/c1-2-3-9-24-14-10-12(17(19)20)11-15(25(18,21)22)16(14)23-13-7-5-4-6-8-13/h4-8,10-11H,2-3,9H2,1H3,(H,19,20)(H2,18,21,22). The highest BCUT2D eigenvalue weighted by Gasteiger charge is 2.23. The van der Waals surface area contributed by atoms with E-state index in [0.717, 1.165) is 18.9 Å². The van der Waals surface area contributed by atoms with Gasteiger partial charge in [-0.1, -0.05) is 31.5 Å². The maximum Gasteiger partial charge on any atom is 0.335 e. The number of para-hydroxylation sites is 1. The lowest BCUT2D eigenvalue weighted by atomic mass is 10.2. The van der Waals surface area contributed by atoms with E-state index < -0.39 is 16.0 Å².